The van der Waals surface area contributed by atoms with E-state index in [0.29, 0.717) is 10.5 Å². The first-order chi connectivity index (χ1) is 11.1. The number of thioether (sulfide) groups is 2. The van der Waals surface area contributed by atoms with Crippen LogP contribution < -0.4 is 0 Å². The van der Waals surface area contributed by atoms with Crippen LogP contribution in [0.4, 0.5) is 0 Å². The monoisotopic (exact) mass is 364 g/mol. The van der Waals surface area contributed by atoms with Crippen molar-refractivity contribution in [2.24, 2.45) is 0 Å². The van der Waals surface area contributed by atoms with E-state index in [4.69, 9.17) is 11.6 Å². The van der Waals surface area contributed by atoms with Gasteiger partial charge in [0.15, 0.2) is 0 Å². The van der Waals surface area contributed by atoms with Crippen molar-refractivity contribution in [1.29, 1.82) is 0 Å². The molecule has 2 N–H and O–H groups in total. The number of rotatable bonds is 2. The number of halogens is 1. The summed E-state index contributed by atoms with van der Waals surface area (Å²) in [6.45, 7) is 0. The van der Waals surface area contributed by atoms with Crippen LogP contribution in [-0.4, -0.2) is 31.5 Å². The van der Waals surface area contributed by atoms with Crippen molar-refractivity contribution >= 4 is 46.0 Å². The van der Waals surface area contributed by atoms with Gasteiger partial charge in [0.05, 0.1) is 15.8 Å². The highest BCUT2D eigenvalue weighted by Crippen LogP contribution is 2.48. The van der Waals surface area contributed by atoms with Gasteiger partial charge in [0.1, 0.15) is 16.7 Å². The van der Waals surface area contributed by atoms with Crippen molar-refractivity contribution in [3.05, 3.63) is 47.1 Å². The fourth-order valence-electron chi connectivity index (χ4n) is 2.66. The highest BCUT2D eigenvalue weighted by Gasteiger charge is 2.24. The lowest BCUT2D eigenvalue weighted by atomic mass is 10.2. The van der Waals surface area contributed by atoms with Gasteiger partial charge in [-0.2, -0.15) is 5.10 Å². The lowest BCUT2D eigenvalue weighted by Gasteiger charge is -2.15. The van der Waals surface area contributed by atoms with Gasteiger partial charge in [0.2, 0.25) is 0 Å². The Hall–Kier alpha value is -1.50. The van der Waals surface area contributed by atoms with E-state index in [0.717, 1.165) is 28.3 Å². The summed E-state index contributed by atoms with van der Waals surface area (Å²) in [7, 11) is 0. The van der Waals surface area contributed by atoms with E-state index in [1.165, 1.54) is 0 Å². The summed E-state index contributed by atoms with van der Waals surface area (Å²) >= 11 is 10.2. The SMILES string of the molecule is Oc1ccc(-n2nc3ccc(O)cc3c2Cl)c(C2SCCS2)c1. The topological polar surface area (TPSA) is 58.3 Å². The Morgan fingerprint density at radius 3 is 2.52 bits per heavy atom. The Bertz CT molecular complexity index is 891. The summed E-state index contributed by atoms with van der Waals surface area (Å²) in [5, 5.41) is 25.3. The minimum absolute atomic E-state index is 0.159. The van der Waals surface area contributed by atoms with Gasteiger partial charge in [-0.25, -0.2) is 4.68 Å². The number of benzene rings is 2. The third-order valence-electron chi connectivity index (χ3n) is 3.71. The number of nitrogens with zero attached hydrogens (tertiary/aromatic N) is 2. The smallest absolute Gasteiger partial charge is 0.140 e. The molecule has 0 saturated carbocycles. The molecule has 0 aliphatic carbocycles. The van der Waals surface area contributed by atoms with E-state index in [-0.39, 0.29) is 16.1 Å². The molecule has 0 amide bonds. The van der Waals surface area contributed by atoms with Crippen LogP contribution in [0.25, 0.3) is 16.6 Å². The zero-order chi connectivity index (χ0) is 16.0. The van der Waals surface area contributed by atoms with Crippen LogP contribution in [0.1, 0.15) is 10.1 Å². The first-order valence-electron chi connectivity index (χ1n) is 7.07. The summed E-state index contributed by atoms with van der Waals surface area (Å²) in [6, 6.07) is 10.2. The third-order valence-corrected chi connectivity index (χ3v) is 7.14. The molecule has 0 bridgehead atoms. The number of fused-ring (bicyclic) bond motifs is 1. The molecule has 2 heterocycles. The number of hydrogen-bond acceptors (Lipinski definition) is 5. The molecule has 118 valence electrons. The Morgan fingerprint density at radius 1 is 1.04 bits per heavy atom. The molecule has 23 heavy (non-hydrogen) atoms. The van der Waals surface area contributed by atoms with E-state index in [2.05, 4.69) is 5.10 Å². The highest BCUT2D eigenvalue weighted by molar-refractivity contribution is 8.19. The molecule has 1 saturated heterocycles. The van der Waals surface area contributed by atoms with Crippen LogP contribution in [0.2, 0.25) is 5.15 Å². The molecule has 3 aromatic rings. The Morgan fingerprint density at radius 2 is 1.74 bits per heavy atom. The number of aromatic nitrogens is 2. The average Bonchev–Trinajstić information content (AvgIpc) is 3.17. The first kappa shape index (κ1) is 15.1. The molecule has 1 fully saturated rings. The van der Waals surface area contributed by atoms with Gasteiger partial charge in [-0.05, 0) is 36.4 Å². The summed E-state index contributed by atoms with van der Waals surface area (Å²) in [5.74, 6) is 2.58. The first-order valence-corrected chi connectivity index (χ1v) is 9.55. The largest absolute Gasteiger partial charge is 0.508 e. The number of hydrogen-bond donors (Lipinski definition) is 2. The second-order valence-electron chi connectivity index (χ2n) is 5.22. The Labute approximate surface area is 146 Å². The molecule has 7 heteroatoms. The van der Waals surface area contributed by atoms with E-state index < -0.39 is 0 Å². The van der Waals surface area contributed by atoms with Crippen LogP contribution in [0.15, 0.2) is 36.4 Å². The quantitative estimate of drug-likeness (QED) is 0.697. The molecule has 2 aromatic carbocycles. The van der Waals surface area contributed by atoms with Gasteiger partial charge < -0.3 is 10.2 Å². The van der Waals surface area contributed by atoms with Crippen molar-refractivity contribution in [3.8, 4) is 17.2 Å². The summed E-state index contributed by atoms with van der Waals surface area (Å²) in [4.78, 5) is 0. The van der Waals surface area contributed by atoms with Gasteiger partial charge >= 0.3 is 0 Å². The summed E-state index contributed by atoms with van der Waals surface area (Å²) < 4.78 is 1.94. The predicted octanol–water partition coefficient (Wildman–Crippen LogP) is 4.57. The molecule has 1 aromatic heterocycles. The normalized spacial score (nSPS) is 15.5. The van der Waals surface area contributed by atoms with Crippen LogP contribution in [-0.2, 0) is 0 Å². The number of aromatic hydroxyl groups is 2. The van der Waals surface area contributed by atoms with Crippen molar-refractivity contribution in [1.82, 2.24) is 9.78 Å². The highest BCUT2D eigenvalue weighted by atomic mass is 35.5. The fraction of sp³-hybridized carbons (Fsp3) is 0.188. The minimum Gasteiger partial charge on any atom is -0.508 e. The maximum atomic E-state index is 9.88. The van der Waals surface area contributed by atoms with Crippen molar-refractivity contribution < 1.29 is 10.2 Å². The third kappa shape index (κ3) is 2.65. The van der Waals surface area contributed by atoms with Crippen LogP contribution >= 0.6 is 35.1 Å². The second-order valence-corrected chi connectivity index (χ2v) is 8.30. The van der Waals surface area contributed by atoms with E-state index in [9.17, 15) is 10.2 Å². The van der Waals surface area contributed by atoms with Gasteiger partial charge in [-0.3, -0.25) is 0 Å². The Balaban J connectivity index is 1.92. The lowest BCUT2D eigenvalue weighted by molar-refractivity contribution is 0.474. The number of phenols is 2. The maximum Gasteiger partial charge on any atom is 0.140 e. The predicted molar refractivity (Wildman–Crippen MR) is 97.1 cm³/mol. The van der Waals surface area contributed by atoms with E-state index >= 15 is 0 Å². The average molecular weight is 365 g/mol. The summed E-state index contributed by atoms with van der Waals surface area (Å²) in [6.07, 6.45) is 0. The molecule has 1 aliphatic rings. The zero-order valence-corrected chi connectivity index (χ0v) is 14.3. The molecule has 1 aliphatic heterocycles. The standard InChI is InChI=1S/C16H13ClN2O2S2/c17-15-11-7-9(20)1-3-13(11)18-19(15)14-4-2-10(21)8-12(14)16-22-5-6-23-16/h1-4,7-8,16,20-21H,5-6H2. The van der Waals surface area contributed by atoms with Crippen LogP contribution in [0, 0.1) is 0 Å². The Kier molecular flexibility index (Phi) is 3.83. The van der Waals surface area contributed by atoms with Crippen LogP contribution in [0.5, 0.6) is 11.5 Å². The molecule has 0 atom stereocenters. The minimum atomic E-state index is 0.159. The molecule has 4 nitrogen and oxygen atoms in total. The van der Waals surface area contributed by atoms with Crippen molar-refractivity contribution in [2.45, 2.75) is 4.58 Å². The molecular formula is C16H13ClN2O2S2. The lowest BCUT2D eigenvalue weighted by Crippen LogP contribution is -2.02. The maximum absolute atomic E-state index is 9.88. The van der Waals surface area contributed by atoms with Crippen LogP contribution in [0.3, 0.4) is 0 Å². The van der Waals surface area contributed by atoms with Gasteiger partial charge in [-0.15, -0.1) is 23.5 Å². The fourth-order valence-corrected chi connectivity index (χ4v) is 5.84. The molecule has 0 spiro atoms. The second kappa shape index (κ2) is 5.85. The zero-order valence-electron chi connectivity index (χ0n) is 11.9. The van der Waals surface area contributed by atoms with Gasteiger partial charge in [0, 0.05) is 22.5 Å². The van der Waals surface area contributed by atoms with Gasteiger partial charge in [-0.1, -0.05) is 11.6 Å². The van der Waals surface area contributed by atoms with E-state index in [1.807, 2.05) is 29.6 Å². The van der Waals surface area contributed by atoms with Gasteiger partial charge in [0.25, 0.3) is 0 Å². The van der Waals surface area contributed by atoms with Crippen molar-refractivity contribution in [2.75, 3.05) is 11.5 Å². The molecule has 0 unspecified atom stereocenters. The number of phenolic OH excluding ortho intramolecular Hbond substituents is 2. The summed E-state index contributed by atoms with van der Waals surface area (Å²) in [5.41, 5.74) is 2.59. The molecule has 0 radical (unpaired) electrons. The molecular weight excluding hydrogens is 352 g/mol. The van der Waals surface area contributed by atoms with E-state index in [1.54, 1.807) is 35.0 Å². The molecule has 4 rings (SSSR count). The van der Waals surface area contributed by atoms with Crippen molar-refractivity contribution in [3.63, 3.8) is 0 Å².